The number of carboxylic acid groups (broad SMARTS) is 1. The van der Waals surface area contributed by atoms with Crippen LogP contribution in [0, 0.1) is 0 Å². The number of pyridine rings is 1. The molecule has 6 nitrogen and oxygen atoms in total. The van der Waals surface area contributed by atoms with Crippen LogP contribution in [0.2, 0.25) is 0 Å². The van der Waals surface area contributed by atoms with E-state index in [0.717, 1.165) is 16.8 Å². The van der Waals surface area contributed by atoms with Gasteiger partial charge in [-0.05, 0) is 22.9 Å². The van der Waals surface area contributed by atoms with Gasteiger partial charge in [0, 0.05) is 11.8 Å². The van der Waals surface area contributed by atoms with Crippen molar-refractivity contribution in [3.05, 3.63) is 66.1 Å². The predicted octanol–water partition coefficient (Wildman–Crippen LogP) is 3.01. The molecule has 0 aliphatic heterocycles. The van der Waals surface area contributed by atoms with Crippen LogP contribution in [0.4, 0.5) is 0 Å². The second-order valence-corrected chi connectivity index (χ2v) is 4.54. The fourth-order valence-corrected chi connectivity index (χ4v) is 1.89. The van der Waals surface area contributed by atoms with Crippen LogP contribution in [0.15, 0.2) is 59.3 Å². The summed E-state index contributed by atoms with van der Waals surface area (Å²) < 4.78 is 9.99. The number of aromatic nitrogens is 2. The molecule has 2 aromatic heterocycles. The highest BCUT2D eigenvalue weighted by Crippen LogP contribution is 2.18. The molecule has 22 heavy (non-hydrogen) atoms. The summed E-state index contributed by atoms with van der Waals surface area (Å²) in [4.78, 5) is 14.9. The van der Waals surface area contributed by atoms with Gasteiger partial charge in [0.05, 0.1) is 11.8 Å². The summed E-state index contributed by atoms with van der Waals surface area (Å²) in [6.45, 7) is 0.272. The van der Waals surface area contributed by atoms with E-state index < -0.39 is 5.97 Å². The molecule has 0 aliphatic rings. The Morgan fingerprint density at radius 1 is 1.18 bits per heavy atom. The van der Waals surface area contributed by atoms with Crippen molar-refractivity contribution >= 4 is 5.97 Å². The van der Waals surface area contributed by atoms with Gasteiger partial charge in [-0.2, -0.15) is 0 Å². The number of carboxylic acids is 1. The first-order valence-electron chi connectivity index (χ1n) is 6.55. The molecule has 0 radical (unpaired) electrons. The molecule has 6 heteroatoms. The molecule has 3 aromatic rings. The van der Waals surface area contributed by atoms with Gasteiger partial charge in [0.1, 0.15) is 6.61 Å². The third-order valence-electron chi connectivity index (χ3n) is 3.00. The molecule has 0 saturated heterocycles. The van der Waals surface area contributed by atoms with Crippen molar-refractivity contribution in [2.75, 3.05) is 0 Å². The molecule has 0 bridgehead atoms. The van der Waals surface area contributed by atoms with Gasteiger partial charge in [0.2, 0.25) is 5.76 Å². The third kappa shape index (κ3) is 3.12. The van der Waals surface area contributed by atoms with Crippen LogP contribution in [0.3, 0.4) is 0 Å². The average Bonchev–Trinajstić information content (AvgIpc) is 3.04. The number of aromatic carboxylic acids is 1. The number of carbonyl (C=O) groups is 1. The van der Waals surface area contributed by atoms with Gasteiger partial charge >= 0.3 is 5.97 Å². The van der Waals surface area contributed by atoms with Crippen molar-refractivity contribution in [1.82, 2.24) is 10.1 Å². The molecule has 0 amide bonds. The van der Waals surface area contributed by atoms with Gasteiger partial charge < -0.3 is 14.4 Å². The van der Waals surface area contributed by atoms with Gasteiger partial charge in [0.15, 0.2) is 0 Å². The first-order chi connectivity index (χ1) is 10.7. The molecule has 0 unspecified atom stereocenters. The number of hydrogen-bond acceptors (Lipinski definition) is 5. The first-order valence-corrected chi connectivity index (χ1v) is 6.55. The Labute approximate surface area is 126 Å². The largest absolute Gasteiger partial charge is 0.475 e. The van der Waals surface area contributed by atoms with Crippen molar-refractivity contribution in [1.29, 1.82) is 0 Å². The van der Waals surface area contributed by atoms with Crippen molar-refractivity contribution in [3.63, 3.8) is 0 Å². The van der Waals surface area contributed by atoms with Crippen LogP contribution in [-0.2, 0) is 6.61 Å². The molecule has 1 N–H and O–H groups in total. The Balaban J connectivity index is 1.65. The van der Waals surface area contributed by atoms with Crippen molar-refractivity contribution in [2.24, 2.45) is 0 Å². The molecule has 0 atom stereocenters. The Hall–Kier alpha value is -3.15. The summed E-state index contributed by atoms with van der Waals surface area (Å²) in [6.07, 6.45) is 1.75. The van der Waals surface area contributed by atoms with Crippen molar-refractivity contribution < 1.29 is 19.2 Å². The minimum absolute atomic E-state index is 0.145. The van der Waals surface area contributed by atoms with E-state index in [-0.39, 0.29) is 18.2 Å². The van der Waals surface area contributed by atoms with Gasteiger partial charge in [-0.3, -0.25) is 4.98 Å². The van der Waals surface area contributed by atoms with Crippen LogP contribution < -0.4 is 4.74 Å². The van der Waals surface area contributed by atoms with E-state index >= 15 is 0 Å². The maximum Gasteiger partial charge on any atom is 0.374 e. The summed E-state index contributed by atoms with van der Waals surface area (Å²) >= 11 is 0. The summed E-state index contributed by atoms with van der Waals surface area (Å²) in [5.74, 6) is -1.28. The maximum absolute atomic E-state index is 10.7. The summed E-state index contributed by atoms with van der Waals surface area (Å²) in [5.41, 5.74) is 2.84. The smallest absolute Gasteiger partial charge is 0.374 e. The van der Waals surface area contributed by atoms with Crippen molar-refractivity contribution in [3.8, 4) is 17.1 Å². The molecule has 110 valence electrons. The number of nitrogens with zero attached hydrogens (tertiary/aromatic N) is 2. The van der Waals surface area contributed by atoms with E-state index in [2.05, 4.69) is 14.7 Å². The van der Waals surface area contributed by atoms with E-state index in [1.54, 1.807) is 6.20 Å². The molecule has 0 aliphatic carbocycles. The van der Waals surface area contributed by atoms with Crippen LogP contribution >= 0.6 is 0 Å². The van der Waals surface area contributed by atoms with Gasteiger partial charge in [-0.25, -0.2) is 4.79 Å². The van der Waals surface area contributed by atoms with E-state index in [0.29, 0.717) is 0 Å². The average molecular weight is 296 g/mol. The lowest BCUT2D eigenvalue weighted by molar-refractivity contribution is 0.0651. The zero-order valence-electron chi connectivity index (χ0n) is 11.5. The van der Waals surface area contributed by atoms with Gasteiger partial charge in [-0.15, -0.1) is 0 Å². The second-order valence-electron chi connectivity index (χ2n) is 4.54. The molecule has 2 heterocycles. The number of ether oxygens (including phenoxy) is 1. The first kappa shape index (κ1) is 13.8. The van der Waals surface area contributed by atoms with Crippen molar-refractivity contribution in [2.45, 2.75) is 6.61 Å². The van der Waals surface area contributed by atoms with E-state index in [1.807, 2.05) is 42.5 Å². The Kier molecular flexibility index (Phi) is 3.82. The number of rotatable bonds is 5. The maximum atomic E-state index is 10.7. The highest BCUT2D eigenvalue weighted by molar-refractivity contribution is 5.84. The lowest BCUT2D eigenvalue weighted by atomic mass is 10.1. The lowest BCUT2D eigenvalue weighted by Crippen LogP contribution is -1.96. The summed E-state index contributed by atoms with van der Waals surface area (Å²) in [5, 5.41) is 12.3. The number of hydrogen-bond donors (Lipinski definition) is 1. The topological polar surface area (TPSA) is 85.5 Å². The molecular formula is C16H12N2O4. The van der Waals surface area contributed by atoms with Crippen LogP contribution in [-0.4, -0.2) is 21.2 Å². The normalized spacial score (nSPS) is 10.4. The molecule has 1 aromatic carbocycles. The monoisotopic (exact) mass is 296 g/mol. The zero-order valence-corrected chi connectivity index (χ0v) is 11.5. The zero-order chi connectivity index (χ0) is 15.4. The molecule has 3 rings (SSSR count). The molecule has 0 spiro atoms. The second kappa shape index (κ2) is 6.09. The Morgan fingerprint density at radius 2 is 2.00 bits per heavy atom. The minimum Gasteiger partial charge on any atom is -0.475 e. The molecule has 0 saturated carbocycles. The Bertz CT molecular complexity index is 766. The SMILES string of the molecule is O=C(O)c1cc(OCc2ccc(-c3ccccn3)cc2)no1. The fraction of sp³-hybridized carbons (Fsp3) is 0.0625. The van der Waals surface area contributed by atoms with Crippen LogP contribution in [0.25, 0.3) is 11.3 Å². The van der Waals surface area contributed by atoms with Gasteiger partial charge in [-0.1, -0.05) is 30.3 Å². The molecular weight excluding hydrogens is 284 g/mol. The predicted molar refractivity (Wildman–Crippen MR) is 77.5 cm³/mol. The van der Waals surface area contributed by atoms with E-state index in [4.69, 9.17) is 9.84 Å². The van der Waals surface area contributed by atoms with E-state index in [9.17, 15) is 4.79 Å². The minimum atomic E-state index is -1.18. The summed E-state index contributed by atoms with van der Waals surface area (Å²) in [6, 6.07) is 14.7. The van der Waals surface area contributed by atoms with Crippen LogP contribution in [0.1, 0.15) is 16.1 Å². The van der Waals surface area contributed by atoms with Crippen LogP contribution in [0.5, 0.6) is 5.88 Å². The summed E-state index contributed by atoms with van der Waals surface area (Å²) in [7, 11) is 0. The Morgan fingerprint density at radius 3 is 2.64 bits per heavy atom. The quantitative estimate of drug-likeness (QED) is 0.779. The fourth-order valence-electron chi connectivity index (χ4n) is 1.89. The van der Waals surface area contributed by atoms with Gasteiger partial charge in [0.25, 0.3) is 5.88 Å². The standard InChI is InChI=1S/C16H12N2O4/c19-16(20)14-9-15(18-22-14)21-10-11-4-6-12(7-5-11)13-3-1-2-8-17-13/h1-9H,10H2,(H,19,20). The highest BCUT2D eigenvalue weighted by Gasteiger charge is 2.11. The lowest BCUT2D eigenvalue weighted by Gasteiger charge is -2.04. The molecule has 0 fully saturated rings. The highest BCUT2D eigenvalue weighted by atomic mass is 16.5. The number of benzene rings is 1. The third-order valence-corrected chi connectivity index (χ3v) is 3.00. The van der Waals surface area contributed by atoms with E-state index in [1.165, 1.54) is 6.07 Å².